The fourth-order valence-electron chi connectivity index (χ4n) is 2.66. The van der Waals surface area contributed by atoms with Crippen molar-refractivity contribution in [2.45, 2.75) is 44.1 Å². The highest BCUT2D eigenvalue weighted by molar-refractivity contribution is 5.80. The van der Waals surface area contributed by atoms with E-state index in [1.54, 1.807) is 7.11 Å². The van der Waals surface area contributed by atoms with Gasteiger partial charge in [-0.3, -0.25) is 4.79 Å². The molecule has 0 aromatic carbocycles. The van der Waals surface area contributed by atoms with Gasteiger partial charge in [0, 0.05) is 32.6 Å². The normalized spacial score (nSPS) is 21.4. The number of carbonyl (C=O) groups is 1. The number of ether oxygens (including phenoxy) is 1. The van der Waals surface area contributed by atoms with Crippen LogP contribution in [0.1, 0.15) is 49.3 Å². The Morgan fingerprint density at radius 2 is 2.26 bits per heavy atom. The lowest BCUT2D eigenvalue weighted by Gasteiger charge is -2.15. The second kappa shape index (κ2) is 5.28. The van der Waals surface area contributed by atoms with E-state index in [4.69, 9.17) is 4.74 Å². The average molecular weight is 264 g/mol. The summed E-state index contributed by atoms with van der Waals surface area (Å²) in [6.07, 6.45) is 4.91. The van der Waals surface area contributed by atoms with Crippen molar-refractivity contribution in [1.82, 2.24) is 20.1 Å². The number of rotatable bonds is 6. The quantitative estimate of drug-likeness (QED) is 0.771. The number of hydrogen-bond acceptors (Lipinski definition) is 4. The fraction of sp³-hybridized carbons (Fsp3) is 0.769. The standard InChI is InChI=1S/C13H20N4O2/c1-19-8-2-7-14-13(18)10-5-6-11-15-16-12(17(10)11)9-3-4-9/h9-10H,2-8H2,1H3,(H,14,18). The van der Waals surface area contributed by atoms with Gasteiger partial charge in [-0.15, -0.1) is 10.2 Å². The summed E-state index contributed by atoms with van der Waals surface area (Å²) in [7, 11) is 1.67. The second-order valence-corrected chi connectivity index (χ2v) is 5.31. The molecule has 0 spiro atoms. The second-order valence-electron chi connectivity index (χ2n) is 5.31. The van der Waals surface area contributed by atoms with Crippen LogP contribution in [-0.4, -0.2) is 40.9 Å². The molecule has 3 rings (SSSR count). The molecule has 1 aromatic rings. The highest BCUT2D eigenvalue weighted by Gasteiger charge is 2.37. The Balaban J connectivity index is 1.64. The Kier molecular flexibility index (Phi) is 3.50. The van der Waals surface area contributed by atoms with E-state index >= 15 is 0 Å². The van der Waals surface area contributed by atoms with E-state index in [9.17, 15) is 4.79 Å². The number of methoxy groups -OCH3 is 1. The van der Waals surface area contributed by atoms with Crippen LogP contribution in [0, 0.1) is 0 Å². The van der Waals surface area contributed by atoms with E-state index in [-0.39, 0.29) is 11.9 Å². The first kappa shape index (κ1) is 12.6. The Morgan fingerprint density at radius 1 is 1.42 bits per heavy atom. The topological polar surface area (TPSA) is 69.0 Å². The molecule has 1 N–H and O–H groups in total. The predicted octanol–water partition coefficient (Wildman–Crippen LogP) is 0.795. The van der Waals surface area contributed by atoms with Crippen molar-refractivity contribution in [1.29, 1.82) is 0 Å². The van der Waals surface area contributed by atoms with Crippen molar-refractivity contribution in [3.63, 3.8) is 0 Å². The summed E-state index contributed by atoms with van der Waals surface area (Å²) in [6.45, 7) is 1.34. The van der Waals surface area contributed by atoms with Crippen LogP contribution in [0.2, 0.25) is 0 Å². The average Bonchev–Trinajstić information content (AvgIpc) is 3.02. The third kappa shape index (κ3) is 2.49. The maximum absolute atomic E-state index is 12.2. The first-order valence-electron chi connectivity index (χ1n) is 7.01. The molecule has 6 nitrogen and oxygen atoms in total. The molecular weight excluding hydrogens is 244 g/mol. The molecule has 2 heterocycles. The molecule has 1 amide bonds. The Morgan fingerprint density at radius 3 is 3.00 bits per heavy atom. The van der Waals surface area contributed by atoms with E-state index in [2.05, 4.69) is 20.1 Å². The molecule has 1 aromatic heterocycles. The zero-order chi connectivity index (χ0) is 13.2. The number of nitrogens with one attached hydrogen (secondary N) is 1. The maximum atomic E-state index is 12.2. The Hall–Kier alpha value is -1.43. The number of hydrogen-bond donors (Lipinski definition) is 1. The molecule has 0 saturated heterocycles. The molecule has 1 fully saturated rings. The third-order valence-corrected chi connectivity index (χ3v) is 3.82. The van der Waals surface area contributed by atoms with Crippen LogP contribution >= 0.6 is 0 Å². The molecule has 2 aliphatic rings. The number of aromatic nitrogens is 3. The van der Waals surface area contributed by atoms with Crippen LogP contribution in [0.25, 0.3) is 0 Å². The van der Waals surface area contributed by atoms with Gasteiger partial charge in [0.15, 0.2) is 0 Å². The maximum Gasteiger partial charge on any atom is 0.243 e. The molecule has 1 aliphatic heterocycles. The molecule has 1 unspecified atom stereocenters. The van der Waals surface area contributed by atoms with Gasteiger partial charge >= 0.3 is 0 Å². The van der Waals surface area contributed by atoms with Crippen LogP contribution in [0.4, 0.5) is 0 Å². The Labute approximate surface area is 112 Å². The van der Waals surface area contributed by atoms with Crippen LogP contribution < -0.4 is 5.32 Å². The molecule has 1 aliphatic carbocycles. The van der Waals surface area contributed by atoms with Crippen molar-refractivity contribution in [3.8, 4) is 0 Å². The lowest BCUT2D eigenvalue weighted by Crippen LogP contribution is -2.32. The van der Waals surface area contributed by atoms with E-state index < -0.39 is 0 Å². The van der Waals surface area contributed by atoms with E-state index in [1.165, 1.54) is 12.8 Å². The van der Waals surface area contributed by atoms with Gasteiger partial charge in [0.1, 0.15) is 17.7 Å². The minimum atomic E-state index is -0.108. The first-order valence-corrected chi connectivity index (χ1v) is 7.01. The smallest absolute Gasteiger partial charge is 0.243 e. The SMILES string of the molecule is COCCCNC(=O)C1CCc2nnc(C3CC3)n21. The predicted molar refractivity (Wildman–Crippen MR) is 68.9 cm³/mol. The third-order valence-electron chi connectivity index (χ3n) is 3.82. The number of aryl methyl sites for hydroxylation is 1. The van der Waals surface area contributed by atoms with Gasteiger partial charge in [-0.1, -0.05) is 0 Å². The van der Waals surface area contributed by atoms with Gasteiger partial charge in [0.25, 0.3) is 0 Å². The molecular formula is C13H20N4O2. The molecule has 19 heavy (non-hydrogen) atoms. The largest absolute Gasteiger partial charge is 0.385 e. The van der Waals surface area contributed by atoms with Crippen LogP contribution in [-0.2, 0) is 16.0 Å². The summed E-state index contributed by atoms with van der Waals surface area (Å²) in [5.74, 6) is 2.61. The molecule has 1 saturated carbocycles. The summed E-state index contributed by atoms with van der Waals surface area (Å²) in [6, 6.07) is -0.108. The molecule has 0 bridgehead atoms. The molecule has 1 atom stereocenters. The van der Waals surface area contributed by atoms with E-state index in [0.29, 0.717) is 19.1 Å². The number of amides is 1. The van der Waals surface area contributed by atoms with Crippen LogP contribution in [0.15, 0.2) is 0 Å². The highest BCUT2D eigenvalue weighted by atomic mass is 16.5. The molecule has 104 valence electrons. The summed E-state index contributed by atoms with van der Waals surface area (Å²) < 4.78 is 7.05. The summed E-state index contributed by atoms with van der Waals surface area (Å²) in [5, 5.41) is 11.4. The number of nitrogens with zero attached hydrogens (tertiary/aromatic N) is 3. The van der Waals surface area contributed by atoms with Gasteiger partial charge < -0.3 is 14.6 Å². The summed E-state index contributed by atoms with van der Waals surface area (Å²) >= 11 is 0. The van der Waals surface area contributed by atoms with Gasteiger partial charge in [-0.25, -0.2) is 0 Å². The number of fused-ring (bicyclic) bond motifs is 1. The lowest BCUT2D eigenvalue weighted by molar-refractivity contribution is -0.124. The van der Waals surface area contributed by atoms with Crippen molar-refractivity contribution < 1.29 is 9.53 Å². The monoisotopic (exact) mass is 264 g/mol. The highest BCUT2D eigenvalue weighted by Crippen LogP contribution is 2.42. The Bertz CT molecular complexity index is 467. The van der Waals surface area contributed by atoms with Crippen molar-refractivity contribution >= 4 is 5.91 Å². The van der Waals surface area contributed by atoms with Gasteiger partial charge in [0.05, 0.1) is 0 Å². The minimum Gasteiger partial charge on any atom is -0.385 e. The minimum absolute atomic E-state index is 0.0940. The van der Waals surface area contributed by atoms with Gasteiger partial charge in [0.2, 0.25) is 5.91 Å². The zero-order valence-corrected chi connectivity index (χ0v) is 11.3. The zero-order valence-electron chi connectivity index (χ0n) is 11.3. The van der Waals surface area contributed by atoms with Gasteiger partial charge in [-0.05, 0) is 25.7 Å². The van der Waals surface area contributed by atoms with Crippen molar-refractivity contribution in [2.24, 2.45) is 0 Å². The lowest BCUT2D eigenvalue weighted by atomic mass is 10.2. The van der Waals surface area contributed by atoms with Crippen LogP contribution in [0.3, 0.4) is 0 Å². The fourth-order valence-corrected chi connectivity index (χ4v) is 2.66. The first-order chi connectivity index (χ1) is 9.31. The summed E-state index contributed by atoms with van der Waals surface area (Å²) in [5.41, 5.74) is 0. The van der Waals surface area contributed by atoms with E-state index in [0.717, 1.165) is 30.9 Å². The number of carbonyl (C=O) groups excluding carboxylic acids is 1. The van der Waals surface area contributed by atoms with Crippen molar-refractivity contribution in [3.05, 3.63) is 11.6 Å². The summed E-state index contributed by atoms with van der Waals surface area (Å²) in [4.78, 5) is 12.2. The van der Waals surface area contributed by atoms with Crippen molar-refractivity contribution in [2.75, 3.05) is 20.3 Å². The van der Waals surface area contributed by atoms with E-state index in [1.807, 2.05) is 0 Å². The van der Waals surface area contributed by atoms with Gasteiger partial charge in [-0.2, -0.15) is 0 Å². The molecule has 0 radical (unpaired) electrons. The van der Waals surface area contributed by atoms with Crippen LogP contribution in [0.5, 0.6) is 0 Å². The molecule has 6 heteroatoms.